The van der Waals surface area contributed by atoms with Gasteiger partial charge in [-0.05, 0) is 30.2 Å². The van der Waals surface area contributed by atoms with Crippen LogP contribution in [0.2, 0.25) is 0 Å². The maximum atomic E-state index is 14.0. The van der Waals surface area contributed by atoms with Gasteiger partial charge in [0, 0.05) is 6.07 Å². The SMILES string of the molecule is Cc1ccccc1Cn1cnc2c(nnn2-c2ccc(F)cc2F)c1=O. The average Bonchev–Trinajstić information content (AvgIpc) is 3.04. The molecule has 8 heteroatoms. The Kier molecular flexibility index (Phi) is 3.80. The van der Waals surface area contributed by atoms with E-state index in [9.17, 15) is 13.6 Å². The summed E-state index contributed by atoms with van der Waals surface area (Å²) in [5, 5.41) is 7.65. The lowest BCUT2D eigenvalue weighted by molar-refractivity contribution is 0.573. The summed E-state index contributed by atoms with van der Waals surface area (Å²) in [4.78, 5) is 16.9. The molecule has 0 N–H and O–H groups in total. The normalized spacial score (nSPS) is 11.2. The molecule has 26 heavy (non-hydrogen) atoms. The summed E-state index contributed by atoms with van der Waals surface area (Å²) < 4.78 is 29.6. The molecule has 0 radical (unpaired) electrons. The molecule has 0 unspecified atom stereocenters. The van der Waals surface area contributed by atoms with Gasteiger partial charge in [-0.1, -0.05) is 29.5 Å². The van der Waals surface area contributed by atoms with Crippen molar-refractivity contribution in [1.29, 1.82) is 0 Å². The van der Waals surface area contributed by atoms with Crippen molar-refractivity contribution in [3.05, 3.63) is 81.9 Å². The highest BCUT2D eigenvalue weighted by Gasteiger charge is 2.16. The molecule has 130 valence electrons. The Morgan fingerprint density at radius 2 is 1.92 bits per heavy atom. The van der Waals surface area contributed by atoms with Crippen LogP contribution in [0.3, 0.4) is 0 Å². The average molecular weight is 353 g/mol. The Labute approximate surface area is 146 Å². The number of rotatable bonds is 3. The van der Waals surface area contributed by atoms with Gasteiger partial charge in [0.25, 0.3) is 5.56 Å². The van der Waals surface area contributed by atoms with Crippen molar-refractivity contribution in [3.8, 4) is 5.69 Å². The van der Waals surface area contributed by atoms with Crippen molar-refractivity contribution in [1.82, 2.24) is 24.5 Å². The molecule has 0 saturated heterocycles. The molecule has 4 aromatic rings. The second-order valence-electron chi connectivity index (χ2n) is 5.87. The Morgan fingerprint density at radius 3 is 2.69 bits per heavy atom. The zero-order chi connectivity index (χ0) is 18.3. The quantitative estimate of drug-likeness (QED) is 0.568. The predicted molar refractivity (Wildman–Crippen MR) is 91.1 cm³/mol. The minimum atomic E-state index is -0.817. The summed E-state index contributed by atoms with van der Waals surface area (Å²) in [6.07, 6.45) is 1.37. The van der Waals surface area contributed by atoms with Crippen LogP contribution in [0.1, 0.15) is 11.1 Å². The first-order valence-corrected chi connectivity index (χ1v) is 7.85. The topological polar surface area (TPSA) is 65.6 Å². The summed E-state index contributed by atoms with van der Waals surface area (Å²) in [5.41, 5.74) is 1.75. The lowest BCUT2D eigenvalue weighted by Crippen LogP contribution is -2.22. The second-order valence-corrected chi connectivity index (χ2v) is 5.87. The second kappa shape index (κ2) is 6.14. The number of benzene rings is 2. The molecule has 0 amide bonds. The lowest BCUT2D eigenvalue weighted by atomic mass is 10.1. The maximum absolute atomic E-state index is 14.0. The minimum absolute atomic E-state index is 0.0183. The van der Waals surface area contributed by atoms with Gasteiger partial charge in [0.15, 0.2) is 17.0 Å². The van der Waals surface area contributed by atoms with Crippen molar-refractivity contribution in [3.63, 3.8) is 0 Å². The first-order chi connectivity index (χ1) is 12.5. The predicted octanol–water partition coefficient (Wildman–Crippen LogP) is 2.61. The molecular weight excluding hydrogens is 340 g/mol. The van der Waals surface area contributed by atoms with Gasteiger partial charge in [0.2, 0.25) is 0 Å². The van der Waals surface area contributed by atoms with E-state index in [1.807, 2.05) is 31.2 Å². The van der Waals surface area contributed by atoms with Crippen LogP contribution in [-0.4, -0.2) is 24.5 Å². The van der Waals surface area contributed by atoms with Gasteiger partial charge in [-0.2, -0.15) is 4.68 Å². The number of halogens is 2. The Balaban J connectivity index is 1.81. The molecule has 0 saturated carbocycles. The molecule has 2 aromatic carbocycles. The highest BCUT2D eigenvalue weighted by molar-refractivity contribution is 5.70. The Morgan fingerprint density at radius 1 is 1.12 bits per heavy atom. The van der Waals surface area contributed by atoms with Crippen LogP contribution < -0.4 is 5.56 Å². The van der Waals surface area contributed by atoms with Crippen LogP contribution in [0.15, 0.2) is 53.6 Å². The third kappa shape index (κ3) is 2.65. The van der Waals surface area contributed by atoms with E-state index in [-0.39, 0.29) is 22.4 Å². The molecule has 0 fully saturated rings. The van der Waals surface area contributed by atoms with Gasteiger partial charge in [0.05, 0.1) is 6.54 Å². The van der Waals surface area contributed by atoms with E-state index < -0.39 is 11.6 Å². The Hall–Kier alpha value is -3.42. The van der Waals surface area contributed by atoms with Crippen molar-refractivity contribution < 1.29 is 8.78 Å². The van der Waals surface area contributed by atoms with Crippen LogP contribution in [-0.2, 0) is 6.54 Å². The number of nitrogens with zero attached hydrogens (tertiary/aromatic N) is 5. The number of hydrogen-bond donors (Lipinski definition) is 0. The van der Waals surface area contributed by atoms with Crippen molar-refractivity contribution in [2.24, 2.45) is 0 Å². The van der Waals surface area contributed by atoms with E-state index in [1.54, 1.807) is 0 Å². The molecule has 0 aliphatic carbocycles. The van der Waals surface area contributed by atoms with Crippen molar-refractivity contribution in [2.75, 3.05) is 0 Å². The van der Waals surface area contributed by atoms with Crippen LogP contribution >= 0.6 is 0 Å². The highest BCUT2D eigenvalue weighted by atomic mass is 19.1. The first kappa shape index (κ1) is 16.1. The number of fused-ring (bicyclic) bond motifs is 1. The summed E-state index contributed by atoms with van der Waals surface area (Å²) in [7, 11) is 0. The first-order valence-electron chi connectivity index (χ1n) is 7.85. The highest BCUT2D eigenvalue weighted by Crippen LogP contribution is 2.17. The van der Waals surface area contributed by atoms with Gasteiger partial charge in [-0.3, -0.25) is 9.36 Å². The summed E-state index contributed by atoms with van der Waals surface area (Å²) in [6.45, 7) is 2.30. The molecule has 0 spiro atoms. The molecule has 0 atom stereocenters. The van der Waals surface area contributed by atoms with E-state index in [4.69, 9.17) is 0 Å². The smallest absolute Gasteiger partial charge is 0.283 e. The molecule has 0 aliphatic heterocycles. The van der Waals surface area contributed by atoms with E-state index in [1.165, 1.54) is 17.0 Å². The molecule has 6 nitrogen and oxygen atoms in total. The molecule has 0 aliphatic rings. The summed E-state index contributed by atoms with van der Waals surface area (Å²) in [6, 6.07) is 10.8. The standard InChI is InChI=1S/C18H13F2N5O/c1-11-4-2-3-5-12(11)9-24-10-21-17-16(18(24)26)22-23-25(17)15-7-6-13(19)8-14(15)20/h2-8,10H,9H2,1H3. The van der Waals surface area contributed by atoms with Crippen molar-refractivity contribution in [2.45, 2.75) is 13.5 Å². The van der Waals surface area contributed by atoms with E-state index in [0.29, 0.717) is 6.54 Å². The van der Waals surface area contributed by atoms with E-state index in [0.717, 1.165) is 27.9 Å². The largest absolute Gasteiger partial charge is 0.293 e. The van der Waals surface area contributed by atoms with Gasteiger partial charge >= 0.3 is 0 Å². The maximum Gasteiger partial charge on any atom is 0.283 e. The van der Waals surface area contributed by atoms with Crippen LogP contribution in [0.25, 0.3) is 16.9 Å². The van der Waals surface area contributed by atoms with Gasteiger partial charge < -0.3 is 0 Å². The minimum Gasteiger partial charge on any atom is -0.293 e. The summed E-state index contributed by atoms with van der Waals surface area (Å²) in [5.74, 6) is -1.52. The molecule has 0 bridgehead atoms. The van der Waals surface area contributed by atoms with Gasteiger partial charge in [-0.15, -0.1) is 5.10 Å². The van der Waals surface area contributed by atoms with Crippen molar-refractivity contribution >= 4 is 11.2 Å². The fraction of sp³-hybridized carbons (Fsp3) is 0.111. The van der Waals surface area contributed by atoms with Crippen LogP contribution in [0.4, 0.5) is 8.78 Å². The van der Waals surface area contributed by atoms with E-state index >= 15 is 0 Å². The van der Waals surface area contributed by atoms with Crippen LogP contribution in [0, 0.1) is 18.6 Å². The Bertz CT molecular complexity index is 1180. The third-order valence-electron chi connectivity index (χ3n) is 4.17. The monoisotopic (exact) mass is 353 g/mol. The fourth-order valence-corrected chi connectivity index (χ4v) is 2.74. The number of hydrogen-bond acceptors (Lipinski definition) is 4. The number of aromatic nitrogens is 5. The van der Waals surface area contributed by atoms with E-state index in [2.05, 4.69) is 15.3 Å². The zero-order valence-electron chi connectivity index (χ0n) is 13.7. The molecule has 4 rings (SSSR count). The summed E-state index contributed by atoms with van der Waals surface area (Å²) >= 11 is 0. The molecule has 2 aromatic heterocycles. The zero-order valence-corrected chi connectivity index (χ0v) is 13.7. The molecular formula is C18H13F2N5O. The van der Waals surface area contributed by atoms with Gasteiger partial charge in [-0.25, -0.2) is 13.8 Å². The van der Waals surface area contributed by atoms with Crippen LogP contribution in [0.5, 0.6) is 0 Å². The fourth-order valence-electron chi connectivity index (χ4n) is 2.74. The number of aryl methyl sites for hydroxylation is 1. The molecule has 2 heterocycles. The third-order valence-corrected chi connectivity index (χ3v) is 4.17. The van der Waals surface area contributed by atoms with Gasteiger partial charge in [0.1, 0.15) is 17.8 Å². The lowest BCUT2D eigenvalue weighted by Gasteiger charge is -2.08.